The van der Waals surface area contributed by atoms with Crippen LogP contribution in [0.15, 0.2) is 41.3 Å². The zero-order chi connectivity index (χ0) is 19.7. The molecule has 28 heavy (non-hydrogen) atoms. The minimum atomic E-state index is -3.42. The highest BCUT2D eigenvalue weighted by atomic mass is 32.2. The van der Waals surface area contributed by atoms with Crippen LogP contribution in [-0.4, -0.2) is 60.9 Å². The van der Waals surface area contributed by atoms with Crippen LogP contribution in [0.3, 0.4) is 0 Å². The van der Waals surface area contributed by atoms with E-state index in [1.807, 2.05) is 11.7 Å². The van der Waals surface area contributed by atoms with Gasteiger partial charge in [-0.2, -0.15) is 5.10 Å². The molecule has 1 saturated heterocycles. The van der Waals surface area contributed by atoms with Gasteiger partial charge in [-0.1, -0.05) is 18.2 Å². The van der Waals surface area contributed by atoms with Crippen molar-refractivity contribution in [1.29, 1.82) is 0 Å². The Bertz CT molecular complexity index is 943. The second-order valence-electron chi connectivity index (χ2n) is 7.58. The summed E-state index contributed by atoms with van der Waals surface area (Å²) in [7, 11) is -1.46. The molecule has 2 fully saturated rings. The number of benzene rings is 1. The lowest BCUT2D eigenvalue weighted by Crippen LogP contribution is -2.49. The number of carbonyl (C=O) groups is 1. The third kappa shape index (κ3) is 4.06. The molecule has 1 amide bonds. The number of hydrogen-bond donors (Lipinski definition) is 0. The first-order valence-electron chi connectivity index (χ1n) is 9.78. The molecule has 7 nitrogen and oxygen atoms in total. The van der Waals surface area contributed by atoms with E-state index in [-0.39, 0.29) is 23.0 Å². The van der Waals surface area contributed by atoms with E-state index < -0.39 is 9.84 Å². The molecule has 0 N–H and O–H groups in total. The van der Waals surface area contributed by atoms with Crippen molar-refractivity contribution in [3.8, 4) is 0 Å². The molecule has 0 spiro atoms. The van der Waals surface area contributed by atoms with E-state index in [9.17, 15) is 13.2 Å². The lowest BCUT2D eigenvalue weighted by molar-refractivity contribution is -0.131. The maximum atomic E-state index is 12.5. The average Bonchev–Trinajstić information content (AvgIpc) is 3.49. The molecule has 0 bridgehead atoms. The largest absolute Gasteiger partial charge is 0.353 e. The number of piperazine rings is 1. The Morgan fingerprint density at radius 3 is 2.43 bits per heavy atom. The van der Waals surface area contributed by atoms with Crippen LogP contribution in [0.1, 0.15) is 30.9 Å². The zero-order valence-electron chi connectivity index (χ0n) is 16.1. The van der Waals surface area contributed by atoms with Crippen LogP contribution < -0.4 is 4.90 Å². The molecular weight excluding hydrogens is 376 g/mol. The number of hydrogen-bond acceptors (Lipinski definition) is 5. The Balaban J connectivity index is 1.30. The van der Waals surface area contributed by atoms with Crippen LogP contribution in [0.4, 0.5) is 5.82 Å². The fourth-order valence-electron chi connectivity index (χ4n) is 3.66. The molecule has 8 heteroatoms. The monoisotopic (exact) mass is 402 g/mol. The minimum Gasteiger partial charge on any atom is -0.353 e. The normalized spacial score (nSPS) is 17.8. The van der Waals surface area contributed by atoms with Gasteiger partial charge in [0, 0.05) is 51.6 Å². The molecule has 1 aliphatic carbocycles. The number of sulfone groups is 1. The summed E-state index contributed by atoms with van der Waals surface area (Å²) in [6.07, 6.45) is 2.48. The summed E-state index contributed by atoms with van der Waals surface area (Å²) in [5.41, 5.74) is 1.17. The van der Waals surface area contributed by atoms with Crippen molar-refractivity contribution >= 4 is 21.6 Å². The fraction of sp³-hybridized carbons (Fsp3) is 0.500. The van der Waals surface area contributed by atoms with Gasteiger partial charge < -0.3 is 9.80 Å². The molecule has 150 valence electrons. The Morgan fingerprint density at radius 1 is 1.11 bits per heavy atom. The van der Waals surface area contributed by atoms with E-state index in [0.29, 0.717) is 19.0 Å². The first-order chi connectivity index (χ1) is 13.4. The molecule has 2 heterocycles. The Morgan fingerprint density at radius 2 is 1.79 bits per heavy atom. The molecule has 4 rings (SSSR count). The summed E-state index contributed by atoms with van der Waals surface area (Å²) < 4.78 is 26.7. The van der Waals surface area contributed by atoms with Crippen LogP contribution >= 0.6 is 0 Å². The van der Waals surface area contributed by atoms with Gasteiger partial charge in [0.15, 0.2) is 9.84 Å². The number of amides is 1. The summed E-state index contributed by atoms with van der Waals surface area (Å²) in [5.74, 6) is 1.47. The maximum absolute atomic E-state index is 12.5. The van der Waals surface area contributed by atoms with E-state index in [0.717, 1.165) is 18.9 Å². The fourth-order valence-corrected chi connectivity index (χ4v) is 4.91. The van der Waals surface area contributed by atoms with E-state index in [1.165, 1.54) is 18.5 Å². The van der Waals surface area contributed by atoms with Gasteiger partial charge in [-0.3, -0.25) is 9.48 Å². The van der Waals surface area contributed by atoms with Crippen molar-refractivity contribution < 1.29 is 13.2 Å². The van der Waals surface area contributed by atoms with Crippen molar-refractivity contribution in [1.82, 2.24) is 14.7 Å². The maximum Gasteiger partial charge on any atom is 0.223 e. The second-order valence-corrected chi connectivity index (χ2v) is 9.68. The van der Waals surface area contributed by atoms with Gasteiger partial charge in [0.1, 0.15) is 5.82 Å². The molecule has 1 aromatic carbocycles. The molecule has 0 atom stereocenters. The lowest BCUT2D eigenvalue weighted by atomic mass is 10.2. The lowest BCUT2D eigenvalue weighted by Gasteiger charge is -2.35. The smallest absolute Gasteiger partial charge is 0.223 e. The first-order valence-corrected chi connectivity index (χ1v) is 11.4. The quantitative estimate of drug-likeness (QED) is 0.737. The number of aryl methyl sites for hydroxylation is 1. The molecule has 0 unspecified atom stereocenters. The van der Waals surface area contributed by atoms with E-state index in [1.54, 1.807) is 35.2 Å². The van der Waals surface area contributed by atoms with Gasteiger partial charge in [0.25, 0.3) is 0 Å². The van der Waals surface area contributed by atoms with Crippen LogP contribution in [0, 0.1) is 0 Å². The minimum absolute atomic E-state index is 0.0226. The van der Waals surface area contributed by atoms with Crippen LogP contribution in [0.2, 0.25) is 0 Å². The Labute approximate surface area is 165 Å². The topological polar surface area (TPSA) is 75.5 Å². The predicted molar refractivity (Wildman–Crippen MR) is 107 cm³/mol. The third-order valence-electron chi connectivity index (χ3n) is 5.51. The second kappa shape index (κ2) is 7.58. The summed E-state index contributed by atoms with van der Waals surface area (Å²) in [6, 6.07) is 10.5. The van der Waals surface area contributed by atoms with Gasteiger partial charge >= 0.3 is 0 Å². The van der Waals surface area contributed by atoms with E-state index in [2.05, 4.69) is 16.1 Å². The number of carbonyl (C=O) groups excluding carboxylic acids is 1. The third-order valence-corrected chi connectivity index (χ3v) is 7.24. The van der Waals surface area contributed by atoms with E-state index in [4.69, 9.17) is 0 Å². The summed E-state index contributed by atoms with van der Waals surface area (Å²) in [6.45, 7) is 2.68. The Hall–Kier alpha value is -2.35. The van der Waals surface area contributed by atoms with E-state index >= 15 is 0 Å². The Kier molecular flexibility index (Phi) is 5.14. The van der Waals surface area contributed by atoms with Crippen molar-refractivity contribution in [2.45, 2.75) is 30.1 Å². The average molecular weight is 403 g/mol. The van der Waals surface area contributed by atoms with Gasteiger partial charge in [0.05, 0.1) is 16.3 Å². The summed E-state index contributed by atoms with van der Waals surface area (Å²) >= 11 is 0. The highest BCUT2D eigenvalue weighted by Gasteiger charge is 2.29. The van der Waals surface area contributed by atoms with Gasteiger partial charge in [-0.05, 0) is 25.0 Å². The van der Waals surface area contributed by atoms with Crippen molar-refractivity contribution in [2.75, 3.05) is 36.8 Å². The number of anilines is 1. The number of rotatable bonds is 6. The van der Waals surface area contributed by atoms with Crippen LogP contribution in [0.5, 0.6) is 0 Å². The molecular formula is C20H26N4O3S. The predicted octanol–water partition coefficient (Wildman–Crippen LogP) is 1.81. The first kappa shape index (κ1) is 19.0. The number of aromatic nitrogens is 2. The standard InChI is InChI=1S/C20H26N4O3S/c1-22-19(15-18(21-22)16-7-8-16)23-10-12-24(13-11-23)20(25)9-14-28(26,27)17-5-3-2-4-6-17/h2-6,15-16H,7-14H2,1H3. The molecule has 1 aromatic heterocycles. The van der Waals surface area contributed by atoms with Crippen molar-refractivity contribution in [3.05, 3.63) is 42.1 Å². The SMILES string of the molecule is Cn1nc(C2CC2)cc1N1CCN(C(=O)CCS(=O)(=O)c2ccccc2)CC1. The molecule has 2 aromatic rings. The highest BCUT2D eigenvalue weighted by molar-refractivity contribution is 7.91. The van der Waals surface area contributed by atoms with Crippen molar-refractivity contribution in [2.24, 2.45) is 7.05 Å². The molecule has 0 radical (unpaired) electrons. The highest BCUT2D eigenvalue weighted by Crippen LogP contribution is 2.40. The molecule has 1 aliphatic heterocycles. The van der Waals surface area contributed by atoms with Crippen LogP contribution in [0.25, 0.3) is 0 Å². The van der Waals surface area contributed by atoms with Crippen molar-refractivity contribution in [3.63, 3.8) is 0 Å². The summed E-state index contributed by atoms with van der Waals surface area (Å²) in [5, 5.41) is 4.62. The number of nitrogens with zero attached hydrogens (tertiary/aromatic N) is 4. The van der Waals surface area contributed by atoms with Gasteiger partial charge in [-0.25, -0.2) is 8.42 Å². The van der Waals surface area contributed by atoms with Crippen LogP contribution in [-0.2, 0) is 21.7 Å². The summed E-state index contributed by atoms with van der Waals surface area (Å²) in [4.78, 5) is 16.8. The van der Waals surface area contributed by atoms with Gasteiger partial charge in [-0.15, -0.1) is 0 Å². The molecule has 1 saturated carbocycles. The zero-order valence-corrected chi connectivity index (χ0v) is 16.9. The molecule has 2 aliphatic rings. The van der Waals surface area contributed by atoms with Gasteiger partial charge in [0.2, 0.25) is 5.91 Å².